The number of rotatable bonds is 5. The van der Waals surface area contributed by atoms with Gasteiger partial charge >= 0.3 is 0 Å². The van der Waals surface area contributed by atoms with Gasteiger partial charge in [-0.1, -0.05) is 6.07 Å². The van der Waals surface area contributed by atoms with Gasteiger partial charge < -0.3 is 10.1 Å². The number of hydrogen-bond donors (Lipinski definition) is 1. The molecule has 0 amide bonds. The summed E-state index contributed by atoms with van der Waals surface area (Å²) in [7, 11) is 3.52. The van der Waals surface area contributed by atoms with Crippen molar-refractivity contribution in [3.05, 3.63) is 29.6 Å². The summed E-state index contributed by atoms with van der Waals surface area (Å²) in [4.78, 5) is 2.35. The van der Waals surface area contributed by atoms with Crippen molar-refractivity contribution in [2.24, 2.45) is 0 Å². The lowest BCUT2D eigenvalue weighted by molar-refractivity contribution is 0.239. The highest BCUT2D eigenvalue weighted by atomic mass is 19.1. The van der Waals surface area contributed by atoms with Gasteiger partial charge in [0.2, 0.25) is 0 Å². The van der Waals surface area contributed by atoms with Crippen molar-refractivity contribution in [3.63, 3.8) is 0 Å². The van der Waals surface area contributed by atoms with Crippen molar-refractivity contribution in [2.75, 3.05) is 27.2 Å². The van der Waals surface area contributed by atoms with Crippen LogP contribution in [-0.2, 0) is 6.54 Å². The van der Waals surface area contributed by atoms with Crippen LogP contribution in [0.5, 0.6) is 5.75 Å². The zero-order valence-corrected chi connectivity index (χ0v) is 11.1. The molecule has 1 unspecified atom stereocenters. The molecule has 1 atom stereocenters. The van der Waals surface area contributed by atoms with E-state index in [2.05, 4.69) is 10.2 Å². The quantitative estimate of drug-likeness (QED) is 0.867. The number of benzene rings is 1. The number of nitrogens with one attached hydrogen (secondary N) is 1. The maximum Gasteiger partial charge on any atom is 0.131 e. The summed E-state index contributed by atoms with van der Waals surface area (Å²) in [5.41, 5.74) is 0.749. The molecule has 1 fully saturated rings. The number of likely N-dealkylation sites (tertiary alicyclic amines) is 1. The molecule has 1 aliphatic rings. The van der Waals surface area contributed by atoms with Crippen molar-refractivity contribution in [1.82, 2.24) is 10.2 Å². The van der Waals surface area contributed by atoms with E-state index in [1.54, 1.807) is 7.11 Å². The SMILES string of the molecule is CNCC1CCCN1Cc1ccc(OC)cc1F. The van der Waals surface area contributed by atoms with Gasteiger partial charge in [-0.25, -0.2) is 4.39 Å². The molecular weight excluding hydrogens is 231 g/mol. The minimum absolute atomic E-state index is 0.176. The number of ether oxygens (including phenoxy) is 1. The third kappa shape index (κ3) is 3.00. The van der Waals surface area contributed by atoms with Crippen LogP contribution < -0.4 is 10.1 Å². The Balaban J connectivity index is 2.04. The summed E-state index contributed by atoms with van der Waals surface area (Å²) >= 11 is 0. The number of likely N-dealkylation sites (N-methyl/N-ethyl adjacent to an activating group) is 1. The van der Waals surface area contributed by atoms with Gasteiger partial charge in [-0.2, -0.15) is 0 Å². The zero-order chi connectivity index (χ0) is 13.0. The molecule has 0 aliphatic carbocycles. The molecule has 0 radical (unpaired) electrons. The first-order valence-electron chi connectivity index (χ1n) is 6.45. The Morgan fingerprint density at radius 1 is 1.50 bits per heavy atom. The van der Waals surface area contributed by atoms with Gasteiger partial charge in [-0.3, -0.25) is 4.90 Å². The lowest BCUT2D eigenvalue weighted by atomic mass is 10.1. The minimum atomic E-state index is -0.176. The van der Waals surface area contributed by atoms with E-state index in [1.165, 1.54) is 18.9 Å². The van der Waals surface area contributed by atoms with Crippen LogP contribution in [0.4, 0.5) is 4.39 Å². The Labute approximate surface area is 108 Å². The molecule has 0 aromatic heterocycles. The Morgan fingerprint density at radius 2 is 2.33 bits per heavy atom. The molecule has 1 aliphatic heterocycles. The van der Waals surface area contributed by atoms with Crippen molar-refractivity contribution in [1.29, 1.82) is 0 Å². The van der Waals surface area contributed by atoms with Crippen LogP contribution in [0.15, 0.2) is 18.2 Å². The third-order valence-corrected chi connectivity index (χ3v) is 3.57. The first-order chi connectivity index (χ1) is 8.74. The average molecular weight is 252 g/mol. The Bertz CT molecular complexity index is 397. The van der Waals surface area contributed by atoms with E-state index in [9.17, 15) is 4.39 Å². The fraction of sp³-hybridized carbons (Fsp3) is 0.571. The average Bonchev–Trinajstić information content (AvgIpc) is 2.80. The van der Waals surface area contributed by atoms with E-state index in [0.29, 0.717) is 18.3 Å². The predicted molar refractivity (Wildman–Crippen MR) is 70.3 cm³/mol. The van der Waals surface area contributed by atoms with E-state index in [1.807, 2.05) is 19.2 Å². The van der Waals surface area contributed by atoms with Gasteiger partial charge in [0.1, 0.15) is 11.6 Å². The fourth-order valence-electron chi connectivity index (χ4n) is 2.57. The lowest BCUT2D eigenvalue weighted by Crippen LogP contribution is -2.36. The summed E-state index contributed by atoms with van der Waals surface area (Å²) in [5, 5.41) is 3.20. The summed E-state index contributed by atoms with van der Waals surface area (Å²) in [6, 6.07) is 5.62. The molecule has 1 heterocycles. The van der Waals surface area contributed by atoms with Crippen molar-refractivity contribution < 1.29 is 9.13 Å². The molecule has 1 saturated heterocycles. The number of nitrogens with zero attached hydrogens (tertiary/aromatic N) is 1. The first-order valence-corrected chi connectivity index (χ1v) is 6.45. The molecule has 1 aromatic carbocycles. The zero-order valence-electron chi connectivity index (χ0n) is 11.1. The van der Waals surface area contributed by atoms with E-state index in [0.717, 1.165) is 18.7 Å². The van der Waals surface area contributed by atoms with E-state index >= 15 is 0 Å². The molecule has 1 aromatic rings. The van der Waals surface area contributed by atoms with Crippen molar-refractivity contribution >= 4 is 0 Å². The Hall–Kier alpha value is -1.13. The number of methoxy groups -OCH3 is 1. The monoisotopic (exact) mass is 252 g/mol. The van der Waals surface area contributed by atoms with Gasteiger partial charge in [-0.15, -0.1) is 0 Å². The largest absolute Gasteiger partial charge is 0.497 e. The number of halogens is 1. The Kier molecular flexibility index (Phi) is 4.55. The second-order valence-electron chi connectivity index (χ2n) is 4.78. The van der Waals surface area contributed by atoms with Gasteiger partial charge in [0.25, 0.3) is 0 Å². The highest BCUT2D eigenvalue weighted by Crippen LogP contribution is 2.22. The van der Waals surface area contributed by atoms with Crippen LogP contribution in [0, 0.1) is 5.82 Å². The van der Waals surface area contributed by atoms with Gasteiger partial charge in [0.05, 0.1) is 7.11 Å². The molecule has 2 rings (SSSR count). The molecule has 1 N–H and O–H groups in total. The topological polar surface area (TPSA) is 24.5 Å². The van der Waals surface area contributed by atoms with Crippen molar-refractivity contribution in [3.8, 4) is 5.75 Å². The maximum atomic E-state index is 13.9. The summed E-state index contributed by atoms with van der Waals surface area (Å²) in [6.07, 6.45) is 2.39. The first kappa shape index (κ1) is 13.3. The second-order valence-corrected chi connectivity index (χ2v) is 4.78. The van der Waals surface area contributed by atoms with Crippen LogP contribution in [0.1, 0.15) is 18.4 Å². The van der Waals surface area contributed by atoms with Gasteiger partial charge in [0.15, 0.2) is 0 Å². The van der Waals surface area contributed by atoms with E-state index < -0.39 is 0 Å². The second kappa shape index (κ2) is 6.16. The summed E-state index contributed by atoms with van der Waals surface area (Å²) in [6.45, 7) is 2.71. The fourth-order valence-corrected chi connectivity index (χ4v) is 2.57. The predicted octanol–water partition coefficient (Wildman–Crippen LogP) is 2.02. The van der Waals surface area contributed by atoms with Crippen LogP contribution >= 0.6 is 0 Å². The molecule has 0 spiro atoms. The summed E-state index contributed by atoms with van der Waals surface area (Å²) in [5.74, 6) is 0.397. The van der Waals surface area contributed by atoms with Gasteiger partial charge in [-0.05, 0) is 32.5 Å². The summed E-state index contributed by atoms with van der Waals surface area (Å²) < 4.78 is 18.9. The third-order valence-electron chi connectivity index (χ3n) is 3.57. The molecule has 0 saturated carbocycles. The normalized spacial score (nSPS) is 20.3. The molecule has 3 nitrogen and oxygen atoms in total. The molecule has 18 heavy (non-hydrogen) atoms. The smallest absolute Gasteiger partial charge is 0.131 e. The highest BCUT2D eigenvalue weighted by Gasteiger charge is 2.24. The molecule has 100 valence electrons. The van der Waals surface area contributed by atoms with Crippen LogP contribution in [0.2, 0.25) is 0 Å². The Morgan fingerprint density at radius 3 is 3.00 bits per heavy atom. The molecule has 0 bridgehead atoms. The van der Waals surface area contributed by atoms with Crippen LogP contribution in [-0.4, -0.2) is 38.2 Å². The molecular formula is C14H21FN2O. The van der Waals surface area contributed by atoms with Gasteiger partial charge in [0, 0.05) is 30.8 Å². The van der Waals surface area contributed by atoms with Crippen molar-refractivity contribution in [2.45, 2.75) is 25.4 Å². The highest BCUT2D eigenvalue weighted by molar-refractivity contribution is 5.28. The maximum absolute atomic E-state index is 13.9. The number of hydrogen-bond acceptors (Lipinski definition) is 3. The molecule has 4 heteroatoms. The lowest BCUT2D eigenvalue weighted by Gasteiger charge is -2.24. The van der Waals surface area contributed by atoms with Crippen LogP contribution in [0.3, 0.4) is 0 Å². The van der Waals surface area contributed by atoms with E-state index in [4.69, 9.17) is 4.74 Å². The van der Waals surface area contributed by atoms with Crippen LogP contribution in [0.25, 0.3) is 0 Å². The minimum Gasteiger partial charge on any atom is -0.497 e. The van der Waals surface area contributed by atoms with E-state index in [-0.39, 0.29) is 5.82 Å². The standard InChI is InChI=1S/C14H21FN2O/c1-16-9-12-4-3-7-17(12)10-11-5-6-13(18-2)8-14(11)15/h5-6,8,12,16H,3-4,7,9-10H2,1-2H3.